The van der Waals surface area contributed by atoms with Gasteiger partial charge in [0.2, 0.25) is 11.9 Å². The molecular weight excluding hydrogens is 336 g/mol. The van der Waals surface area contributed by atoms with E-state index in [1.54, 1.807) is 35.9 Å². The Morgan fingerprint density at radius 2 is 2.24 bits per heavy atom. The van der Waals surface area contributed by atoms with Crippen LogP contribution < -0.4 is 5.32 Å². The van der Waals surface area contributed by atoms with E-state index >= 15 is 0 Å². The molecule has 25 heavy (non-hydrogen) atoms. The summed E-state index contributed by atoms with van der Waals surface area (Å²) in [5.41, 5.74) is 0. The fourth-order valence-electron chi connectivity index (χ4n) is 3.45. The third-order valence-electron chi connectivity index (χ3n) is 4.77. The summed E-state index contributed by atoms with van der Waals surface area (Å²) in [6, 6.07) is 5.78. The predicted octanol–water partition coefficient (Wildman–Crippen LogP) is 2.14. The van der Waals surface area contributed by atoms with Crippen molar-refractivity contribution in [2.45, 2.75) is 6.10 Å². The van der Waals surface area contributed by atoms with Gasteiger partial charge in [-0.1, -0.05) is 6.07 Å². The second-order valence-corrected chi connectivity index (χ2v) is 7.32. The quantitative estimate of drug-likeness (QED) is 0.832. The number of ether oxygens (including phenoxy) is 1. The van der Waals surface area contributed by atoms with Crippen molar-refractivity contribution in [1.82, 2.24) is 14.9 Å². The van der Waals surface area contributed by atoms with Crippen LogP contribution in [0.4, 0.5) is 5.95 Å². The van der Waals surface area contributed by atoms with E-state index < -0.39 is 0 Å². The molecule has 0 spiro atoms. The average Bonchev–Trinajstić information content (AvgIpc) is 3.36. The standard InChI is InChI=1S/C18H20N4O2S/c23-17(5-4-14-3-1-8-25-14)22-10-15-13(12-24-16(15)11-22)9-21-18-19-6-2-7-20-18/h1-8,13,15-16H,9-12H2,(H,19,20,21)/b5-4+/t13-,15+,16+/m0/s1. The van der Waals surface area contributed by atoms with E-state index in [0.29, 0.717) is 24.3 Å². The predicted molar refractivity (Wildman–Crippen MR) is 97.2 cm³/mol. The highest BCUT2D eigenvalue weighted by Gasteiger charge is 2.44. The van der Waals surface area contributed by atoms with Gasteiger partial charge in [0, 0.05) is 54.8 Å². The van der Waals surface area contributed by atoms with E-state index in [1.807, 2.05) is 28.5 Å². The van der Waals surface area contributed by atoms with Crippen molar-refractivity contribution in [3.05, 3.63) is 46.9 Å². The first kappa shape index (κ1) is 16.2. The molecule has 1 amide bonds. The average molecular weight is 356 g/mol. The number of anilines is 1. The lowest BCUT2D eigenvalue weighted by Gasteiger charge is -2.19. The topological polar surface area (TPSA) is 67.4 Å². The largest absolute Gasteiger partial charge is 0.376 e. The number of likely N-dealkylation sites (tertiary alicyclic amines) is 1. The molecule has 7 heteroatoms. The van der Waals surface area contributed by atoms with Crippen molar-refractivity contribution in [1.29, 1.82) is 0 Å². The summed E-state index contributed by atoms with van der Waals surface area (Å²) in [4.78, 5) is 23.8. The number of hydrogen-bond acceptors (Lipinski definition) is 6. The van der Waals surface area contributed by atoms with Gasteiger partial charge in [-0.05, 0) is 23.6 Å². The van der Waals surface area contributed by atoms with Gasteiger partial charge in [-0.15, -0.1) is 11.3 Å². The smallest absolute Gasteiger partial charge is 0.246 e. The molecular formula is C18H20N4O2S. The van der Waals surface area contributed by atoms with E-state index in [4.69, 9.17) is 4.74 Å². The second-order valence-electron chi connectivity index (χ2n) is 6.34. The highest BCUT2D eigenvalue weighted by Crippen LogP contribution is 2.33. The lowest BCUT2D eigenvalue weighted by atomic mass is 9.93. The summed E-state index contributed by atoms with van der Waals surface area (Å²) in [5.74, 6) is 1.43. The maximum atomic E-state index is 12.4. The fraction of sp³-hybridized carbons (Fsp3) is 0.389. The van der Waals surface area contributed by atoms with Crippen LogP contribution >= 0.6 is 11.3 Å². The van der Waals surface area contributed by atoms with E-state index in [9.17, 15) is 4.79 Å². The van der Waals surface area contributed by atoms with Gasteiger partial charge < -0.3 is 15.0 Å². The van der Waals surface area contributed by atoms with Gasteiger partial charge in [0.25, 0.3) is 0 Å². The molecule has 0 bridgehead atoms. The zero-order valence-electron chi connectivity index (χ0n) is 13.7. The molecule has 0 aromatic carbocycles. The number of nitrogens with zero attached hydrogens (tertiary/aromatic N) is 3. The van der Waals surface area contributed by atoms with Crippen molar-refractivity contribution in [2.75, 3.05) is 31.6 Å². The Morgan fingerprint density at radius 1 is 1.36 bits per heavy atom. The Labute approximate surface area is 150 Å². The van der Waals surface area contributed by atoms with E-state index in [0.717, 1.165) is 24.6 Å². The molecule has 0 radical (unpaired) electrons. The molecule has 2 aliphatic rings. The lowest BCUT2D eigenvalue weighted by Crippen LogP contribution is -2.31. The molecule has 130 valence electrons. The van der Waals surface area contributed by atoms with Crippen LogP contribution in [-0.4, -0.2) is 53.1 Å². The molecule has 4 rings (SSSR count). The number of carbonyl (C=O) groups excluding carboxylic acids is 1. The van der Waals surface area contributed by atoms with E-state index in [2.05, 4.69) is 15.3 Å². The molecule has 2 aromatic heterocycles. The summed E-state index contributed by atoms with van der Waals surface area (Å²) >= 11 is 1.63. The van der Waals surface area contributed by atoms with Crippen LogP contribution in [-0.2, 0) is 9.53 Å². The first-order valence-electron chi connectivity index (χ1n) is 8.42. The van der Waals surface area contributed by atoms with Gasteiger partial charge in [0.1, 0.15) is 0 Å². The van der Waals surface area contributed by atoms with Gasteiger partial charge >= 0.3 is 0 Å². The minimum Gasteiger partial charge on any atom is -0.376 e. The number of aromatic nitrogens is 2. The van der Waals surface area contributed by atoms with Crippen LogP contribution in [0.5, 0.6) is 0 Å². The van der Waals surface area contributed by atoms with E-state index in [-0.39, 0.29) is 12.0 Å². The van der Waals surface area contributed by atoms with Crippen LogP contribution in [0, 0.1) is 11.8 Å². The number of amides is 1. The maximum Gasteiger partial charge on any atom is 0.246 e. The summed E-state index contributed by atoms with van der Waals surface area (Å²) in [6.45, 7) is 2.91. The third-order valence-corrected chi connectivity index (χ3v) is 5.61. The summed E-state index contributed by atoms with van der Waals surface area (Å²) in [5, 5.41) is 5.27. The Kier molecular flexibility index (Phi) is 4.76. The van der Waals surface area contributed by atoms with Crippen molar-refractivity contribution in [3.63, 3.8) is 0 Å². The Balaban J connectivity index is 1.32. The number of hydrogen-bond donors (Lipinski definition) is 1. The number of thiophene rings is 1. The molecule has 0 unspecified atom stereocenters. The van der Waals surface area contributed by atoms with Crippen LogP contribution in [0.2, 0.25) is 0 Å². The van der Waals surface area contributed by atoms with Gasteiger partial charge in [0.05, 0.1) is 12.7 Å². The summed E-state index contributed by atoms with van der Waals surface area (Å²) in [7, 11) is 0. The molecule has 0 aliphatic carbocycles. The minimum atomic E-state index is 0.0597. The van der Waals surface area contributed by atoms with Crippen LogP contribution in [0.15, 0.2) is 42.0 Å². The third kappa shape index (κ3) is 3.72. The SMILES string of the molecule is O=C(/C=C/c1cccs1)N1C[C@@H]2[C@@H](CNc3ncccn3)CO[C@@H]2C1. The molecule has 2 fully saturated rings. The van der Waals surface area contributed by atoms with Crippen LogP contribution in [0.3, 0.4) is 0 Å². The molecule has 0 saturated carbocycles. The van der Waals surface area contributed by atoms with Crippen molar-refractivity contribution in [3.8, 4) is 0 Å². The highest BCUT2D eigenvalue weighted by atomic mass is 32.1. The number of fused-ring (bicyclic) bond motifs is 1. The van der Waals surface area contributed by atoms with Gasteiger partial charge in [0.15, 0.2) is 0 Å². The second kappa shape index (κ2) is 7.33. The van der Waals surface area contributed by atoms with Crippen molar-refractivity contribution in [2.24, 2.45) is 11.8 Å². The fourth-order valence-corrected chi connectivity index (χ4v) is 4.06. The number of rotatable bonds is 5. The van der Waals surface area contributed by atoms with Crippen LogP contribution in [0.25, 0.3) is 6.08 Å². The maximum absolute atomic E-state index is 12.4. The zero-order valence-corrected chi connectivity index (χ0v) is 14.6. The van der Waals surface area contributed by atoms with Gasteiger partial charge in [-0.25, -0.2) is 9.97 Å². The molecule has 2 aliphatic heterocycles. The Bertz CT molecular complexity index is 735. The first-order valence-corrected chi connectivity index (χ1v) is 9.30. The molecule has 2 saturated heterocycles. The molecule has 3 atom stereocenters. The monoisotopic (exact) mass is 356 g/mol. The van der Waals surface area contributed by atoms with Crippen molar-refractivity contribution < 1.29 is 9.53 Å². The zero-order chi connectivity index (χ0) is 17.1. The van der Waals surface area contributed by atoms with Gasteiger partial charge in [-0.2, -0.15) is 0 Å². The first-order chi connectivity index (χ1) is 12.3. The number of nitrogens with one attached hydrogen (secondary N) is 1. The molecule has 1 N–H and O–H groups in total. The highest BCUT2D eigenvalue weighted by molar-refractivity contribution is 7.10. The van der Waals surface area contributed by atoms with Crippen molar-refractivity contribution >= 4 is 29.3 Å². The van der Waals surface area contributed by atoms with E-state index in [1.165, 1.54) is 0 Å². The van der Waals surface area contributed by atoms with Gasteiger partial charge in [-0.3, -0.25) is 4.79 Å². The normalized spacial score (nSPS) is 25.4. The summed E-state index contributed by atoms with van der Waals surface area (Å²) < 4.78 is 5.91. The summed E-state index contributed by atoms with van der Waals surface area (Å²) in [6.07, 6.45) is 7.13. The molecule has 4 heterocycles. The number of carbonyl (C=O) groups is 1. The Hall–Kier alpha value is -2.25. The molecule has 6 nitrogen and oxygen atoms in total. The van der Waals surface area contributed by atoms with Crippen LogP contribution in [0.1, 0.15) is 4.88 Å². The Morgan fingerprint density at radius 3 is 3.04 bits per heavy atom. The minimum absolute atomic E-state index is 0.0597. The molecule has 2 aromatic rings. The lowest BCUT2D eigenvalue weighted by molar-refractivity contribution is -0.125.